The number of hydrogen-bond acceptors (Lipinski definition) is 4. The molecule has 0 radical (unpaired) electrons. The van der Waals surface area contributed by atoms with Crippen LogP contribution in [0.1, 0.15) is 18.9 Å². The van der Waals surface area contributed by atoms with Crippen LogP contribution in [0.2, 0.25) is 0 Å². The summed E-state index contributed by atoms with van der Waals surface area (Å²) in [6.07, 6.45) is -0.344. The smallest absolute Gasteiger partial charge is 0.305 e. The van der Waals surface area contributed by atoms with Crippen molar-refractivity contribution in [1.29, 1.82) is 0 Å². The Morgan fingerprint density at radius 2 is 2.05 bits per heavy atom. The molecule has 0 saturated heterocycles. The van der Waals surface area contributed by atoms with E-state index in [1.54, 1.807) is 13.0 Å². The molecule has 7 nitrogen and oxygen atoms in total. The largest absolute Gasteiger partial charge is 0.481 e. The Bertz CT molecular complexity index is 501. The van der Waals surface area contributed by atoms with Gasteiger partial charge in [-0.25, -0.2) is 0 Å². The fourth-order valence-electron chi connectivity index (χ4n) is 1.65. The molecule has 1 rings (SSSR count). The quantitative estimate of drug-likeness (QED) is 0.592. The minimum absolute atomic E-state index is 0.122. The first-order valence-electron chi connectivity index (χ1n) is 5.63. The third kappa shape index (κ3) is 4.74. The number of carbonyl (C=O) groups excluding carboxylic acids is 1. The van der Waals surface area contributed by atoms with Crippen LogP contribution in [-0.4, -0.2) is 27.9 Å². The Labute approximate surface area is 109 Å². The van der Waals surface area contributed by atoms with Gasteiger partial charge in [0.2, 0.25) is 5.91 Å². The normalized spacial score (nSPS) is 11.6. The number of carboxylic acid groups (broad SMARTS) is 1. The van der Waals surface area contributed by atoms with Gasteiger partial charge in [-0.15, -0.1) is 0 Å². The molecular formula is C12H14N2O5. The van der Waals surface area contributed by atoms with E-state index < -0.39 is 22.8 Å². The van der Waals surface area contributed by atoms with E-state index in [4.69, 9.17) is 5.11 Å². The molecule has 0 aliphatic heterocycles. The van der Waals surface area contributed by atoms with Crippen molar-refractivity contribution in [2.75, 3.05) is 0 Å². The SMILES string of the molecule is CC(CC(=O)O)NC(=O)Cc1ccccc1[N+](=O)[O-]. The lowest BCUT2D eigenvalue weighted by Gasteiger charge is -2.11. The van der Waals surface area contributed by atoms with Gasteiger partial charge in [0.1, 0.15) is 0 Å². The second-order valence-electron chi connectivity index (χ2n) is 4.13. The van der Waals surface area contributed by atoms with Crippen LogP contribution in [0.15, 0.2) is 24.3 Å². The maximum Gasteiger partial charge on any atom is 0.305 e. The van der Waals surface area contributed by atoms with Crippen molar-refractivity contribution >= 4 is 17.6 Å². The van der Waals surface area contributed by atoms with Crippen molar-refractivity contribution in [2.24, 2.45) is 0 Å². The third-order valence-electron chi connectivity index (χ3n) is 2.43. The molecular weight excluding hydrogens is 252 g/mol. The molecule has 2 N–H and O–H groups in total. The van der Waals surface area contributed by atoms with E-state index in [2.05, 4.69) is 5.32 Å². The van der Waals surface area contributed by atoms with E-state index in [0.717, 1.165) is 0 Å². The molecule has 1 atom stereocenters. The average Bonchev–Trinajstić information content (AvgIpc) is 2.27. The van der Waals surface area contributed by atoms with Gasteiger partial charge >= 0.3 is 5.97 Å². The monoisotopic (exact) mass is 266 g/mol. The van der Waals surface area contributed by atoms with Crippen LogP contribution in [0.25, 0.3) is 0 Å². The summed E-state index contributed by atoms with van der Waals surface area (Å²) >= 11 is 0. The minimum Gasteiger partial charge on any atom is -0.481 e. The van der Waals surface area contributed by atoms with Crippen molar-refractivity contribution < 1.29 is 19.6 Å². The first kappa shape index (κ1) is 14.6. The molecule has 0 aromatic heterocycles. The zero-order valence-electron chi connectivity index (χ0n) is 10.3. The Morgan fingerprint density at radius 1 is 1.42 bits per heavy atom. The number of para-hydroxylation sites is 1. The van der Waals surface area contributed by atoms with Crippen molar-refractivity contribution in [2.45, 2.75) is 25.8 Å². The molecule has 1 unspecified atom stereocenters. The summed E-state index contributed by atoms with van der Waals surface area (Å²) in [5.41, 5.74) is 0.177. The lowest BCUT2D eigenvalue weighted by atomic mass is 10.1. The first-order chi connectivity index (χ1) is 8.90. The number of nitro benzene ring substituents is 1. The lowest BCUT2D eigenvalue weighted by molar-refractivity contribution is -0.385. The number of amides is 1. The minimum atomic E-state index is -1.02. The molecule has 0 fully saturated rings. The van der Waals surface area contributed by atoms with Gasteiger partial charge in [0.15, 0.2) is 0 Å². The van der Waals surface area contributed by atoms with Gasteiger partial charge in [-0.05, 0) is 6.92 Å². The molecule has 0 saturated carbocycles. The van der Waals surface area contributed by atoms with Gasteiger partial charge in [-0.2, -0.15) is 0 Å². The van der Waals surface area contributed by atoms with E-state index >= 15 is 0 Å². The first-order valence-corrected chi connectivity index (χ1v) is 5.63. The molecule has 0 bridgehead atoms. The average molecular weight is 266 g/mol. The molecule has 0 spiro atoms. The van der Waals surface area contributed by atoms with Gasteiger partial charge < -0.3 is 10.4 Å². The predicted molar refractivity (Wildman–Crippen MR) is 66.7 cm³/mol. The lowest BCUT2D eigenvalue weighted by Crippen LogP contribution is -2.35. The third-order valence-corrected chi connectivity index (χ3v) is 2.43. The predicted octanol–water partition coefficient (Wildman–Crippen LogP) is 1.12. The van der Waals surface area contributed by atoms with Crippen LogP contribution in [0.4, 0.5) is 5.69 Å². The van der Waals surface area contributed by atoms with Gasteiger partial charge in [-0.3, -0.25) is 19.7 Å². The summed E-state index contributed by atoms with van der Waals surface area (Å²) in [7, 11) is 0. The summed E-state index contributed by atoms with van der Waals surface area (Å²) in [6.45, 7) is 1.56. The van der Waals surface area contributed by atoms with Crippen LogP contribution >= 0.6 is 0 Å². The van der Waals surface area contributed by atoms with Gasteiger partial charge in [0, 0.05) is 17.7 Å². The number of rotatable bonds is 6. The number of nitrogens with zero attached hydrogens (tertiary/aromatic N) is 1. The highest BCUT2D eigenvalue weighted by Crippen LogP contribution is 2.17. The van der Waals surface area contributed by atoms with E-state index in [9.17, 15) is 19.7 Å². The van der Waals surface area contributed by atoms with Gasteiger partial charge in [0.05, 0.1) is 17.8 Å². The summed E-state index contributed by atoms with van der Waals surface area (Å²) in [5, 5.41) is 21.8. The van der Waals surface area contributed by atoms with Gasteiger partial charge in [-0.1, -0.05) is 18.2 Å². The van der Waals surface area contributed by atoms with Crippen molar-refractivity contribution in [3.63, 3.8) is 0 Å². The summed E-state index contributed by atoms with van der Waals surface area (Å²) in [4.78, 5) is 32.3. The zero-order chi connectivity index (χ0) is 14.4. The van der Waals surface area contributed by atoms with Crippen LogP contribution in [-0.2, 0) is 16.0 Å². The summed E-state index contributed by atoms with van der Waals surface area (Å²) in [6, 6.07) is 5.43. The molecule has 1 aromatic carbocycles. The van der Waals surface area contributed by atoms with Crippen LogP contribution in [0.5, 0.6) is 0 Å². The second-order valence-corrected chi connectivity index (χ2v) is 4.13. The maximum absolute atomic E-state index is 11.7. The fraction of sp³-hybridized carbons (Fsp3) is 0.333. The van der Waals surface area contributed by atoms with Crippen LogP contribution in [0.3, 0.4) is 0 Å². The van der Waals surface area contributed by atoms with E-state index in [1.807, 2.05) is 0 Å². The number of hydrogen-bond donors (Lipinski definition) is 2. The van der Waals surface area contributed by atoms with Crippen molar-refractivity contribution in [1.82, 2.24) is 5.32 Å². The number of carboxylic acids is 1. The standard InChI is InChI=1S/C12H14N2O5/c1-8(6-12(16)17)13-11(15)7-9-4-2-3-5-10(9)14(18)19/h2-5,8H,6-7H2,1H3,(H,13,15)(H,16,17). The highest BCUT2D eigenvalue weighted by atomic mass is 16.6. The molecule has 1 amide bonds. The molecule has 0 aliphatic carbocycles. The zero-order valence-corrected chi connectivity index (χ0v) is 10.3. The Kier molecular flexibility index (Phi) is 4.99. The Hall–Kier alpha value is -2.44. The highest BCUT2D eigenvalue weighted by Gasteiger charge is 2.17. The van der Waals surface area contributed by atoms with Crippen LogP contribution in [0, 0.1) is 10.1 Å². The molecule has 19 heavy (non-hydrogen) atoms. The molecule has 7 heteroatoms. The van der Waals surface area contributed by atoms with Crippen molar-refractivity contribution in [3.8, 4) is 0 Å². The Morgan fingerprint density at radius 3 is 2.63 bits per heavy atom. The molecule has 102 valence electrons. The summed E-state index contributed by atoms with van der Waals surface area (Å²) in [5.74, 6) is -1.46. The van der Waals surface area contributed by atoms with E-state index in [-0.39, 0.29) is 18.5 Å². The molecule has 0 aliphatic rings. The Balaban J connectivity index is 2.67. The van der Waals surface area contributed by atoms with E-state index in [0.29, 0.717) is 5.56 Å². The fourth-order valence-corrected chi connectivity index (χ4v) is 1.65. The molecule has 0 heterocycles. The number of nitrogens with one attached hydrogen (secondary N) is 1. The number of nitro groups is 1. The maximum atomic E-state index is 11.7. The van der Waals surface area contributed by atoms with Crippen molar-refractivity contribution in [3.05, 3.63) is 39.9 Å². The highest BCUT2D eigenvalue weighted by molar-refractivity contribution is 5.80. The van der Waals surface area contributed by atoms with Crippen LogP contribution < -0.4 is 5.32 Å². The summed E-state index contributed by atoms with van der Waals surface area (Å²) < 4.78 is 0. The second kappa shape index (κ2) is 6.48. The molecule has 1 aromatic rings. The number of aliphatic carboxylic acids is 1. The number of benzene rings is 1. The topological polar surface area (TPSA) is 110 Å². The van der Waals surface area contributed by atoms with Gasteiger partial charge in [0.25, 0.3) is 5.69 Å². The number of carbonyl (C=O) groups is 2. The van der Waals surface area contributed by atoms with E-state index in [1.165, 1.54) is 18.2 Å².